The van der Waals surface area contributed by atoms with Crippen LogP contribution in [0.1, 0.15) is 11.3 Å². The lowest BCUT2D eigenvalue weighted by Gasteiger charge is -2.11. The van der Waals surface area contributed by atoms with Crippen molar-refractivity contribution in [1.82, 2.24) is 4.98 Å². The number of alkyl halides is 1. The van der Waals surface area contributed by atoms with Gasteiger partial charge in [0.2, 0.25) is 0 Å². The molecule has 0 aliphatic rings. The monoisotopic (exact) mass is 385 g/mol. The molecule has 0 atom stereocenters. The highest BCUT2D eigenvalue weighted by molar-refractivity contribution is 9.10. The molecule has 2 aromatic rings. The molecule has 0 unspecified atom stereocenters. The highest BCUT2D eigenvalue weighted by atomic mass is 79.9. The number of aromatic nitrogens is 1. The Balaban J connectivity index is 2.08. The second-order valence-corrected chi connectivity index (χ2v) is 5.35. The quantitative estimate of drug-likeness (QED) is 0.716. The van der Waals surface area contributed by atoms with E-state index in [1.165, 1.54) is 0 Å². The summed E-state index contributed by atoms with van der Waals surface area (Å²) in [6.45, 7) is 0.414. The molecule has 0 aliphatic heterocycles. The molecule has 0 fully saturated rings. The van der Waals surface area contributed by atoms with Gasteiger partial charge in [0.05, 0.1) is 12.8 Å². The van der Waals surface area contributed by atoms with E-state index in [0.717, 1.165) is 32.6 Å². The molecule has 19 heavy (non-hydrogen) atoms. The number of benzene rings is 1. The summed E-state index contributed by atoms with van der Waals surface area (Å²) in [4.78, 5) is 4.26. The number of hydrogen-bond donors (Lipinski definition) is 0. The summed E-state index contributed by atoms with van der Waals surface area (Å²) in [6.07, 6.45) is 1.75. The first-order chi connectivity index (χ1) is 9.22. The minimum absolute atomic E-state index is 0.414. The predicted octanol–water partition coefficient (Wildman–Crippen LogP) is 4.33. The van der Waals surface area contributed by atoms with E-state index in [2.05, 4.69) is 36.8 Å². The van der Waals surface area contributed by atoms with Crippen LogP contribution in [0.3, 0.4) is 0 Å². The van der Waals surface area contributed by atoms with Crippen molar-refractivity contribution < 1.29 is 9.47 Å². The minimum Gasteiger partial charge on any atom is -0.493 e. The third-order valence-corrected chi connectivity index (χ3v) is 3.66. The normalized spacial score (nSPS) is 10.3. The van der Waals surface area contributed by atoms with Crippen LogP contribution < -0.4 is 9.47 Å². The van der Waals surface area contributed by atoms with Crippen LogP contribution in [0.2, 0.25) is 0 Å². The van der Waals surface area contributed by atoms with Gasteiger partial charge < -0.3 is 9.47 Å². The van der Waals surface area contributed by atoms with Crippen LogP contribution in [0.5, 0.6) is 11.5 Å². The first-order valence-corrected chi connectivity index (χ1v) is 7.60. The molecule has 100 valence electrons. The number of pyridine rings is 1. The van der Waals surface area contributed by atoms with Gasteiger partial charge in [-0.05, 0) is 45.8 Å². The Morgan fingerprint density at radius 3 is 2.63 bits per heavy atom. The van der Waals surface area contributed by atoms with Crippen molar-refractivity contribution in [3.63, 3.8) is 0 Å². The van der Waals surface area contributed by atoms with Crippen LogP contribution in [0, 0.1) is 0 Å². The van der Waals surface area contributed by atoms with Gasteiger partial charge in [0.15, 0.2) is 11.5 Å². The smallest absolute Gasteiger partial charge is 0.161 e. The molecule has 0 spiro atoms. The van der Waals surface area contributed by atoms with Crippen LogP contribution in [0.25, 0.3) is 0 Å². The number of nitrogens with zero attached hydrogens (tertiary/aromatic N) is 1. The average molecular weight is 387 g/mol. The molecule has 0 radical (unpaired) electrons. The van der Waals surface area contributed by atoms with Crippen LogP contribution in [0.15, 0.2) is 41.0 Å². The predicted molar refractivity (Wildman–Crippen MR) is 81.9 cm³/mol. The van der Waals surface area contributed by atoms with E-state index in [4.69, 9.17) is 9.47 Å². The maximum atomic E-state index is 5.74. The van der Waals surface area contributed by atoms with Gasteiger partial charge in [0.1, 0.15) is 6.61 Å². The molecule has 2 rings (SSSR count). The molecular formula is C14H13Br2NO2. The molecule has 0 aliphatic carbocycles. The molecule has 5 heteroatoms. The Hall–Kier alpha value is -1.07. The molecule has 1 aromatic carbocycles. The van der Waals surface area contributed by atoms with Crippen molar-refractivity contribution in [3.8, 4) is 11.5 Å². The van der Waals surface area contributed by atoms with Crippen molar-refractivity contribution in [2.24, 2.45) is 0 Å². The lowest BCUT2D eigenvalue weighted by Crippen LogP contribution is -2.00. The van der Waals surface area contributed by atoms with Crippen molar-refractivity contribution in [1.29, 1.82) is 0 Å². The van der Waals surface area contributed by atoms with E-state index in [1.54, 1.807) is 13.3 Å². The molecule has 1 aromatic heterocycles. The molecule has 0 bridgehead atoms. The van der Waals surface area contributed by atoms with E-state index < -0.39 is 0 Å². The fourth-order valence-corrected chi connectivity index (χ4v) is 2.14. The molecule has 0 N–H and O–H groups in total. The lowest BCUT2D eigenvalue weighted by atomic mass is 10.2. The summed E-state index contributed by atoms with van der Waals surface area (Å²) in [6, 6.07) is 9.73. The van der Waals surface area contributed by atoms with Crippen LogP contribution in [0.4, 0.5) is 0 Å². The van der Waals surface area contributed by atoms with E-state index in [1.807, 2.05) is 30.3 Å². The molecule has 0 amide bonds. The summed E-state index contributed by atoms with van der Waals surface area (Å²) < 4.78 is 12.0. The fraction of sp³-hybridized carbons (Fsp3) is 0.214. The van der Waals surface area contributed by atoms with Crippen LogP contribution in [-0.4, -0.2) is 12.1 Å². The Kier molecular flexibility index (Phi) is 5.22. The summed E-state index contributed by atoms with van der Waals surface area (Å²) in [5.41, 5.74) is 2.01. The van der Waals surface area contributed by atoms with Gasteiger partial charge in [0.25, 0.3) is 0 Å². The zero-order chi connectivity index (χ0) is 13.7. The number of rotatable bonds is 5. The van der Waals surface area contributed by atoms with E-state index >= 15 is 0 Å². The van der Waals surface area contributed by atoms with Gasteiger partial charge in [-0.1, -0.05) is 22.0 Å². The maximum absolute atomic E-state index is 5.74. The van der Waals surface area contributed by atoms with Crippen molar-refractivity contribution >= 4 is 31.9 Å². The Bertz CT molecular complexity index is 544. The third-order valence-electron chi connectivity index (χ3n) is 2.55. The Morgan fingerprint density at radius 1 is 1.16 bits per heavy atom. The lowest BCUT2D eigenvalue weighted by molar-refractivity contribution is 0.280. The molecule has 3 nitrogen and oxygen atoms in total. The van der Waals surface area contributed by atoms with Crippen molar-refractivity contribution in [2.75, 3.05) is 7.11 Å². The van der Waals surface area contributed by atoms with Gasteiger partial charge in [-0.25, -0.2) is 0 Å². The molecule has 1 heterocycles. The average Bonchev–Trinajstić information content (AvgIpc) is 2.46. The van der Waals surface area contributed by atoms with Crippen molar-refractivity contribution in [2.45, 2.75) is 11.9 Å². The van der Waals surface area contributed by atoms with E-state index in [9.17, 15) is 0 Å². The SMILES string of the molecule is COc1cc(CBr)ccc1OCc1ccc(Br)cn1. The van der Waals surface area contributed by atoms with Crippen LogP contribution in [-0.2, 0) is 11.9 Å². The van der Waals surface area contributed by atoms with Gasteiger partial charge in [-0.2, -0.15) is 0 Å². The van der Waals surface area contributed by atoms with Gasteiger partial charge >= 0.3 is 0 Å². The number of halogens is 2. The summed E-state index contributed by atoms with van der Waals surface area (Å²) >= 11 is 6.77. The number of ether oxygens (including phenoxy) is 2. The highest BCUT2D eigenvalue weighted by Gasteiger charge is 2.06. The Morgan fingerprint density at radius 2 is 2.00 bits per heavy atom. The second-order valence-electron chi connectivity index (χ2n) is 3.88. The van der Waals surface area contributed by atoms with Gasteiger partial charge in [-0.3, -0.25) is 4.98 Å². The largest absolute Gasteiger partial charge is 0.493 e. The second kappa shape index (κ2) is 6.91. The number of hydrogen-bond acceptors (Lipinski definition) is 3. The molecular weight excluding hydrogens is 374 g/mol. The highest BCUT2D eigenvalue weighted by Crippen LogP contribution is 2.29. The topological polar surface area (TPSA) is 31.4 Å². The molecule has 0 saturated carbocycles. The van der Waals surface area contributed by atoms with Crippen molar-refractivity contribution in [3.05, 3.63) is 52.3 Å². The first kappa shape index (κ1) is 14.3. The summed E-state index contributed by atoms with van der Waals surface area (Å²) in [5.74, 6) is 1.45. The number of methoxy groups -OCH3 is 1. The van der Waals surface area contributed by atoms with E-state index in [0.29, 0.717) is 6.61 Å². The van der Waals surface area contributed by atoms with Gasteiger partial charge in [-0.15, -0.1) is 0 Å². The fourth-order valence-electron chi connectivity index (χ4n) is 1.56. The Labute approximate surface area is 129 Å². The zero-order valence-electron chi connectivity index (χ0n) is 10.4. The maximum Gasteiger partial charge on any atom is 0.161 e. The zero-order valence-corrected chi connectivity index (χ0v) is 13.6. The van der Waals surface area contributed by atoms with Gasteiger partial charge in [0, 0.05) is 16.0 Å². The third kappa shape index (κ3) is 3.94. The summed E-state index contributed by atoms with van der Waals surface area (Å²) in [7, 11) is 1.64. The molecule has 0 saturated heterocycles. The summed E-state index contributed by atoms with van der Waals surface area (Å²) in [5, 5.41) is 0.790. The standard InChI is InChI=1S/C14H13Br2NO2/c1-18-14-6-10(7-15)2-5-13(14)19-9-12-4-3-11(16)8-17-12/h2-6,8H,7,9H2,1H3. The first-order valence-electron chi connectivity index (χ1n) is 5.69. The minimum atomic E-state index is 0.414. The van der Waals surface area contributed by atoms with Crippen LogP contribution >= 0.6 is 31.9 Å². The van der Waals surface area contributed by atoms with E-state index in [-0.39, 0.29) is 0 Å².